The Kier molecular flexibility index (Phi) is 5.08. The standard InChI is InChI=1S/C16H18F2N4OS/c1-9-12(8-13(10(2)21-9)16(3,17)18)15(23)22-11-5-6-20-14(7-11)24(4)19/h5-8,19H,1-4H3,(H,20,22,23)/t24-/m0/s1. The SMILES string of the molecule is Cc1nc(C)c(C(C)(F)F)cc1C(=O)Nc1ccnc([S@](C)=N)c1. The van der Waals surface area contributed by atoms with Gasteiger partial charge in [0.25, 0.3) is 11.8 Å². The monoisotopic (exact) mass is 352 g/mol. The third-order valence-electron chi connectivity index (χ3n) is 3.43. The largest absolute Gasteiger partial charge is 0.322 e. The van der Waals surface area contributed by atoms with E-state index in [9.17, 15) is 13.6 Å². The van der Waals surface area contributed by atoms with Crippen molar-refractivity contribution in [1.82, 2.24) is 9.97 Å². The molecule has 2 heterocycles. The molecule has 0 aliphatic carbocycles. The second-order valence-electron chi connectivity index (χ2n) is 5.49. The highest BCUT2D eigenvalue weighted by molar-refractivity contribution is 7.85. The summed E-state index contributed by atoms with van der Waals surface area (Å²) in [6, 6.07) is 4.37. The smallest absolute Gasteiger partial charge is 0.272 e. The molecule has 5 nitrogen and oxygen atoms in total. The first-order chi connectivity index (χ1) is 11.1. The lowest BCUT2D eigenvalue weighted by Gasteiger charge is -2.16. The molecule has 2 aromatic heterocycles. The molecule has 2 N–H and O–H groups in total. The minimum absolute atomic E-state index is 0.0943. The van der Waals surface area contributed by atoms with E-state index in [2.05, 4.69) is 15.3 Å². The highest BCUT2D eigenvalue weighted by atomic mass is 32.2. The number of aromatic nitrogens is 2. The van der Waals surface area contributed by atoms with Gasteiger partial charge in [-0.25, -0.2) is 13.8 Å². The number of aryl methyl sites for hydroxylation is 2. The van der Waals surface area contributed by atoms with Crippen molar-refractivity contribution < 1.29 is 13.6 Å². The lowest BCUT2D eigenvalue weighted by molar-refractivity contribution is 0.0163. The molecular formula is C16H18F2N4OS. The Bertz CT molecular complexity index is 818. The van der Waals surface area contributed by atoms with Crippen LogP contribution in [0.5, 0.6) is 0 Å². The normalized spacial score (nSPS) is 12.8. The molecule has 0 saturated heterocycles. The summed E-state index contributed by atoms with van der Waals surface area (Å²) in [5, 5.41) is 3.18. The van der Waals surface area contributed by atoms with Crippen LogP contribution in [0.3, 0.4) is 0 Å². The fourth-order valence-electron chi connectivity index (χ4n) is 2.25. The van der Waals surface area contributed by atoms with Crippen LogP contribution in [0.25, 0.3) is 0 Å². The predicted molar refractivity (Wildman–Crippen MR) is 89.7 cm³/mol. The van der Waals surface area contributed by atoms with Crippen molar-refractivity contribution >= 4 is 22.3 Å². The van der Waals surface area contributed by atoms with Crippen molar-refractivity contribution in [1.29, 1.82) is 4.78 Å². The molecule has 2 aromatic rings. The number of alkyl halides is 2. The van der Waals surface area contributed by atoms with Gasteiger partial charge in [-0.3, -0.25) is 14.6 Å². The number of anilines is 1. The van der Waals surface area contributed by atoms with Crippen LogP contribution in [-0.4, -0.2) is 22.1 Å². The Labute approximate surface area is 141 Å². The quantitative estimate of drug-likeness (QED) is 0.878. The van der Waals surface area contributed by atoms with Crippen molar-refractivity contribution in [3.63, 3.8) is 0 Å². The number of carbonyl (C=O) groups excluding carboxylic acids is 1. The van der Waals surface area contributed by atoms with E-state index in [0.29, 0.717) is 16.4 Å². The van der Waals surface area contributed by atoms with Gasteiger partial charge >= 0.3 is 0 Å². The average molecular weight is 352 g/mol. The highest BCUT2D eigenvalue weighted by Crippen LogP contribution is 2.30. The summed E-state index contributed by atoms with van der Waals surface area (Å²) in [4.78, 5) is 20.6. The second kappa shape index (κ2) is 6.72. The number of hydrogen-bond donors (Lipinski definition) is 2. The molecule has 0 saturated carbocycles. The van der Waals surface area contributed by atoms with Crippen molar-refractivity contribution in [3.8, 4) is 0 Å². The van der Waals surface area contributed by atoms with Gasteiger partial charge in [-0.1, -0.05) is 10.7 Å². The number of nitrogens with zero attached hydrogens (tertiary/aromatic N) is 2. The van der Waals surface area contributed by atoms with Gasteiger partial charge in [0.1, 0.15) is 5.03 Å². The first-order valence-electron chi connectivity index (χ1n) is 7.10. The van der Waals surface area contributed by atoms with Crippen LogP contribution in [0.15, 0.2) is 29.4 Å². The number of amides is 1. The van der Waals surface area contributed by atoms with Crippen molar-refractivity contribution in [2.24, 2.45) is 0 Å². The molecule has 24 heavy (non-hydrogen) atoms. The summed E-state index contributed by atoms with van der Waals surface area (Å²) in [6.45, 7) is 3.87. The molecule has 0 radical (unpaired) electrons. The molecular weight excluding hydrogens is 334 g/mol. The zero-order valence-corrected chi connectivity index (χ0v) is 14.6. The summed E-state index contributed by atoms with van der Waals surface area (Å²) < 4.78 is 35.0. The molecule has 1 atom stereocenters. The van der Waals surface area contributed by atoms with Crippen LogP contribution in [0.2, 0.25) is 0 Å². The number of nitrogens with one attached hydrogen (secondary N) is 2. The molecule has 0 aliphatic rings. The first kappa shape index (κ1) is 18.1. The van der Waals surface area contributed by atoms with Crippen LogP contribution in [0, 0.1) is 18.6 Å². The summed E-state index contributed by atoms with van der Waals surface area (Å²) in [6.07, 6.45) is 3.19. The van der Waals surface area contributed by atoms with Crippen LogP contribution in [-0.2, 0) is 16.6 Å². The maximum Gasteiger partial charge on any atom is 0.272 e. The Morgan fingerprint density at radius 1 is 1.29 bits per heavy atom. The summed E-state index contributed by atoms with van der Waals surface area (Å²) in [5.41, 5.74) is 0.864. The molecule has 0 fully saturated rings. The summed E-state index contributed by atoms with van der Waals surface area (Å²) >= 11 is 0. The van der Waals surface area contributed by atoms with Gasteiger partial charge in [-0.2, -0.15) is 0 Å². The fourth-order valence-corrected chi connectivity index (χ4v) is 2.78. The molecule has 0 spiro atoms. The van der Waals surface area contributed by atoms with E-state index in [0.717, 1.165) is 6.92 Å². The van der Waals surface area contributed by atoms with E-state index < -0.39 is 22.5 Å². The number of halogens is 2. The Morgan fingerprint density at radius 3 is 2.54 bits per heavy atom. The minimum atomic E-state index is -3.08. The molecule has 0 bridgehead atoms. The topological polar surface area (TPSA) is 78.7 Å². The molecule has 0 aliphatic heterocycles. The van der Waals surface area contributed by atoms with Gasteiger partial charge in [-0.05, 0) is 38.3 Å². The van der Waals surface area contributed by atoms with Gasteiger partial charge in [-0.15, -0.1) is 0 Å². The zero-order chi connectivity index (χ0) is 18.1. The van der Waals surface area contributed by atoms with Gasteiger partial charge in [0.2, 0.25) is 0 Å². The third-order valence-corrected chi connectivity index (χ3v) is 4.28. The zero-order valence-electron chi connectivity index (χ0n) is 13.8. The van der Waals surface area contributed by atoms with Gasteiger partial charge < -0.3 is 5.32 Å². The Hall–Kier alpha value is -2.22. The lowest BCUT2D eigenvalue weighted by Crippen LogP contribution is -2.18. The van der Waals surface area contributed by atoms with E-state index in [1.807, 2.05) is 0 Å². The molecule has 128 valence electrons. The van der Waals surface area contributed by atoms with E-state index in [4.69, 9.17) is 4.78 Å². The molecule has 0 unspecified atom stereocenters. The van der Waals surface area contributed by atoms with Crippen LogP contribution < -0.4 is 5.32 Å². The number of pyridine rings is 2. The second-order valence-corrected chi connectivity index (χ2v) is 6.93. The van der Waals surface area contributed by atoms with Crippen molar-refractivity contribution in [2.75, 3.05) is 11.6 Å². The van der Waals surface area contributed by atoms with Gasteiger partial charge in [0.15, 0.2) is 0 Å². The summed E-state index contributed by atoms with van der Waals surface area (Å²) in [5.74, 6) is -3.60. The van der Waals surface area contributed by atoms with E-state index in [1.165, 1.54) is 19.2 Å². The number of rotatable bonds is 4. The lowest BCUT2D eigenvalue weighted by atomic mass is 10.0. The van der Waals surface area contributed by atoms with Crippen molar-refractivity contribution in [3.05, 3.63) is 46.9 Å². The molecule has 0 aromatic carbocycles. The number of hydrogen-bond acceptors (Lipinski definition) is 4. The maximum atomic E-state index is 13.7. The van der Waals surface area contributed by atoms with Crippen LogP contribution in [0.4, 0.5) is 14.5 Å². The first-order valence-corrected chi connectivity index (χ1v) is 8.74. The highest BCUT2D eigenvalue weighted by Gasteiger charge is 2.29. The minimum Gasteiger partial charge on any atom is -0.322 e. The Morgan fingerprint density at radius 2 is 1.96 bits per heavy atom. The molecule has 8 heteroatoms. The van der Waals surface area contributed by atoms with Crippen LogP contribution in [0.1, 0.15) is 34.2 Å². The van der Waals surface area contributed by atoms with Crippen LogP contribution >= 0.6 is 0 Å². The van der Waals surface area contributed by atoms with Gasteiger partial charge in [0.05, 0.1) is 11.3 Å². The third kappa shape index (κ3) is 4.00. The Balaban J connectivity index is 2.37. The fraction of sp³-hybridized carbons (Fsp3) is 0.312. The maximum absolute atomic E-state index is 13.7. The van der Waals surface area contributed by atoms with E-state index >= 15 is 0 Å². The predicted octanol–water partition coefficient (Wildman–Crippen LogP) is 3.83. The van der Waals surface area contributed by atoms with E-state index in [-0.39, 0.29) is 16.8 Å². The van der Waals surface area contributed by atoms with E-state index in [1.54, 1.807) is 25.3 Å². The molecule has 1 amide bonds. The van der Waals surface area contributed by atoms with Gasteiger partial charge in [0, 0.05) is 30.1 Å². The number of carbonyl (C=O) groups is 1. The average Bonchev–Trinajstić information content (AvgIpc) is 2.45. The molecule has 2 rings (SSSR count). The van der Waals surface area contributed by atoms with Crippen molar-refractivity contribution in [2.45, 2.75) is 31.7 Å². The summed E-state index contributed by atoms with van der Waals surface area (Å²) in [7, 11) is -0.795.